The van der Waals surface area contributed by atoms with Crippen LogP contribution in [0, 0.1) is 13.3 Å². The molecule has 0 amide bonds. The van der Waals surface area contributed by atoms with Crippen LogP contribution in [0.2, 0.25) is 0 Å². The minimum absolute atomic E-state index is 0. The third kappa shape index (κ3) is 1.27. The number of rotatable bonds is 0. The van der Waals surface area contributed by atoms with Crippen LogP contribution in [0.3, 0.4) is 0 Å². The molecular formula is C7H7N4W-. The zero-order chi connectivity index (χ0) is 7.84. The van der Waals surface area contributed by atoms with Crippen LogP contribution in [0.1, 0.15) is 5.69 Å². The van der Waals surface area contributed by atoms with Crippen molar-refractivity contribution >= 4 is 11.2 Å². The van der Waals surface area contributed by atoms with E-state index in [2.05, 4.69) is 21.3 Å². The molecule has 0 radical (unpaired) electrons. The summed E-state index contributed by atoms with van der Waals surface area (Å²) in [5, 5.41) is 0. The van der Waals surface area contributed by atoms with Crippen molar-refractivity contribution in [1.29, 1.82) is 0 Å². The van der Waals surface area contributed by atoms with Gasteiger partial charge >= 0.3 is 0 Å². The number of hydrogen-bond donors (Lipinski definition) is 0. The molecule has 0 saturated carbocycles. The smallest absolute Gasteiger partial charge is 0.0832 e. The summed E-state index contributed by atoms with van der Waals surface area (Å²) in [6.45, 7) is 1.90. The molecule has 0 spiro atoms. The molecule has 4 nitrogen and oxygen atoms in total. The number of hydrogen-bond acceptors (Lipinski definition) is 3. The van der Waals surface area contributed by atoms with Crippen LogP contribution in [0.15, 0.2) is 6.33 Å². The number of aromatic nitrogens is 4. The van der Waals surface area contributed by atoms with Gasteiger partial charge in [-0.1, -0.05) is 6.92 Å². The standard InChI is InChI=1S/C7H7N4.W/c1-5-6-7(9-3-8-5)11(2)4-10-6;/h4H,1-2H3;/q-1;. The Morgan fingerprint density at radius 2 is 2.17 bits per heavy atom. The number of fused-ring (bicyclic) bond motifs is 1. The molecule has 2 aromatic rings. The van der Waals surface area contributed by atoms with Gasteiger partial charge in [-0.05, 0) is 5.69 Å². The largest absolute Gasteiger partial charge is 0.372 e. The Morgan fingerprint density at radius 1 is 1.42 bits per heavy atom. The average Bonchev–Trinajstić information content (AvgIpc) is 2.35. The SMILES string of the molecule is Cc1n[c-]nc2c1ncn2C.[W]. The van der Waals surface area contributed by atoms with Gasteiger partial charge < -0.3 is 14.5 Å². The van der Waals surface area contributed by atoms with E-state index in [4.69, 9.17) is 0 Å². The van der Waals surface area contributed by atoms with Crippen LogP contribution < -0.4 is 0 Å². The molecule has 2 aromatic heterocycles. The molecule has 2 heterocycles. The number of imidazole rings is 1. The average molecular weight is 331 g/mol. The molecule has 62 valence electrons. The van der Waals surface area contributed by atoms with Gasteiger partial charge in [-0.25, -0.2) is 0 Å². The van der Waals surface area contributed by atoms with E-state index >= 15 is 0 Å². The fourth-order valence-electron chi connectivity index (χ4n) is 1.01. The molecule has 0 fully saturated rings. The van der Waals surface area contributed by atoms with Crippen molar-refractivity contribution in [3.8, 4) is 0 Å². The van der Waals surface area contributed by atoms with Gasteiger partial charge in [-0.2, -0.15) is 0 Å². The molecule has 0 aliphatic heterocycles. The van der Waals surface area contributed by atoms with E-state index in [9.17, 15) is 0 Å². The van der Waals surface area contributed by atoms with Crippen LogP contribution in [0.5, 0.6) is 0 Å². The van der Waals surface area contributed by atoms with Gasteiger partial charge in [0.05, 0.1) is 6.33 Å². The van der Waals surface area contributed by atoms with Gasteiger partial charge in [0.2, 0.25) is 0 Å². The number of nitrogens with zero attached hydrogens (tertiary/aromatic N) is 4. The topological polar surface area (TPSA) is 43.6 Å². The molecule has 0 aliphatic carbocycles. The van der Waals surface area contributed by atoms with Crippen LogP contribution in [0.4, 0.5) is 0 Å². The molecule has 12 heavy (non-hydrogen) atoms. The van der Waals surface area contributed by atoms with Gasteiger partial charge in [0.25, 0.3) is 0 Å². The Balaban J connectivity index is 0.000000720. The minimum atomic E-state index is 0. The second-order valence-electron chi connectivity index (χ2n) is 2.44. The van der Waals surface area contributed by atoms with E-state index in [1.807, 2.05) is 18.5 Å². The Hall–Kier alpha value is -0.762. The predicted octanol–water partition coefficient (Wildman–Crippen LogP) is 0.469. The Kier molecular flexibility index (Phi) is 2.58. The van der Waals surface area contributed by atoms with Crippen LogP contribution in [-0.2, 0) is 28.1 Å². The monoisotopic (exact) mass is 331 g/mol. The van der Waals surface area contributed by atoms with Crippen molar-refractivity contribution in [3.05, 3.63) is 18.3 Å². The molecule has 5 heteroatoms. The summed E-state index contributed by atoms with van der Waals surface area (Å²) in [4.78, 5) is 12.0. The zero-order valence-electron chi connectivity index (χ0n) is 6.77. The van der Waals surface area contributed by atoms with Crippen molar-refractivity contribution in [2.75, 3.05) is 0 Å². The fourth-order valence-corrected chi connectivity index (χ4v) is 1.01. The molecule has 0 bridgehead atoms. The summed E-state index contributed by atoms with van der Waals surface area (Å²) >= 11 is 0. The quantitative estimate of drug-likeness (QED) is 0.660. The van der Waals surface area contributed by atoms with E-state index in [1.165, 1.54) is 0 Å². The van der Waals surface area contributed by atoms with E-state index in [0.29, 0.717) is 0 Å². The summed E-state index contributed by atoms with van der Waals surface area (Å²) in [7, 11) is 1.90. The summed E-state index contributed by atoms with van der Waals surface area (Å²) in [5.74, 6) is 0. The first-order valence-electron chi connectivity index (χ1n) is 3.31. The van der Waals surface area contributed by atoms with Crippen molar-refractivity contribution in [3.63, 3.8) is 0 Å². The second kappa shape index (κ2) is 3.31. The summed E-state index contributed by atoms with van der Waals surface area (Å²) < 4.78 is 1.85. The van der Waals surface area contributed by atoms with Crippen LogP contribution >= 0.6 is 0 Å². The first kappa shape index (κ1) is 9.33. The van der Waals surface area contributed by atoms with Crippen LogP contribution in [-0.4, -0.2) is 19.5 Å². The van der Waals surface area contributed by atoms with Crippen molar-refractivity contribution < 1.29 is 21.1 Å². The Morgan fingerprint density at radius 3 is 2.83 bits per heavy atom. The fraction of sp³-hybridized carbons (Fsp3) is 0.286. The molecule has 0 saturated heterocycles. The third-order valence-electron chi connectivity index (χ3n) is 1.62. The molecule has 0 atom stereocenters. The predicted molar refractivity (Wildman–Crippen MR) is 39.9 cm³/mol. The van der Waals surface area contributed by atoms with E-state index in [0.717, 1.165) is 16.9 Å². The van der Waals surface area contributed by atoms with E-state index < -0.39 is 0 Å². The van der Waals surface area contributed by atoms with Gasteiger partial charge in [0.15, 0.2) is 0 Å². The van der Waals surface area contributed by atoms with Crippen molar-refractivity contribution in [2.45, 2.75) is 6.92 Å². The normalized spacial score (nSPS) is 9.83. The summed E-state index contributed by atoms with van der Waals surface area (Å²) in [6, 6.07) is 0. The first-order valence-corrected chi connectivity index (χ1v) is 3.31. The summed E-state index contributed by atoms with van der Waals surface area (Å²) in [5.41, 5.74) is 2.55. The maximum Gasteiger partial charge on any atom is 0.0832 e. The first-order chi connectivity index (χ1) is 5.29. The third-order valence-corrected chi connectivity index (χ3v) is 1.62. The van der Waals surface area contributed by atoms with Gasteiger partial charge in [0, 0.05) is 45.6 Å². The van der Waals surface area contributed by atoms with Gasteiger partial charge in [-0.15, -0.1) is 0 Å². The summed E-state index contributed by atoms with van der Waals surface area (Å²) in [6.07, 6.45) is 4.29. The molecule has 2 rings (SSSR count). The van der Waals surface area contributed by atoms with E-state index in [-0.39, 0.29) is 21.1 Å². The number of aryl methyl sites for hydroxylation is 2. The molecule has 0 aromatic carbocycles. The molecule has 0 aliphatic rings. The van der Waals surface area contributed by atoms with Gasteiger partial charge in [-0.3, -0.25) is 4.98 Å². The van der Waals surface area contributed by atoms with E-state index in [1.54, 1.807) is 6.33 Å². The minimum Gasteiger partial charge on any atom is -0.372 e. The Labute approximate surface area is 84.3 Å². The second-order valence-corrected chi connectivity index (χ2v) is 2.44. The van der Waals surface area contributed by atoms with Crippen LogP contribution in [0.25, 0.3) is 11.2 Å². The molecular weight excluding hydrogens is 324 g/mol. The maximum absolute atomic E-state index is 4.14. The van der Waals surface area contributed by atoms with Crippen molar-refractivity contribution in [1.82, 2.24) is 19.5 Å². The molecule has 0 N–H and O–H groups in total. The van der Waals surface area contributed by atoms with Crippen molar-refractivity contribution in [2.24, 2.45) is 7.05 Å². The Bertz CT molecular complexity index is 395. The van der Waals surface area contributed by atoms with Gasteiger partial charge in [0.1, 0.15) is 0 Å². The molecule has 0 unspecified atom stereocenters. The maximum atomic E-state index is 4.14. The zero-order valence-corrected chi connectivity index (χ0v) is 9.71.